The summed E-state index contributed by atoms with van der Waals surface area (Å²) in [7, 11) is 0. The van der Waals surface area contributed by atoms with Crippen LogP contribution < -0.4 is 0 Å². The molecule has 0 aliphatic rings. The molecule has 0 amide bonds. The van der Waals surface area contributed by atoms with Crippen LogP contribution in [0.5, 0.6) is 0 Å². The minimum absolute atomic E-state index is 0.859. The van der Waals surface area contributed by atoms with Crippen molar-refractivity contribution in [3.63, 3.8) is 0 Å². The van der Waals surface area contributed by atoms with Crippen LogP contribution in [-0.2, 0) is 13.1 Å². The van der Waals surface area contributed by atoms with Crippen LogP contribution in [-0.4, -0.2) is 21.4 Å². The highest BCUT2D eigenvalue weighted by molar-refractivity contribution is 7.11. The quantitative estimate of drug-likeness (QED) is 0.809. The van der Waals surface area contributed by atoms with Crippen molar-refractivity contribution in [1.29, 1.82) is 0 Å². The summed E-state index contributed by atoms with van der Waals surface area (Å²) < 4.78 is 0. The molecule has 0 aliphatic carbocycles. The van der Waals surface area contributed by atoms with Crippen molar-refractivity contribution in [2.45, 2.75) is 26.9 Å². The molecule has 3 nitrogen and oxygen atoms in total. The minimum Gasteiger partial charge on any atom is -0.348 e. The molecule has 2 heterocycles. The minimum atomic E-state index is 0.859. The van der Waals surface area contributed by atoms with Crippen molar-refractivity contribution in [1.82, 2.24) is 14.9 Å². The standard InChI is InChI=1S/C14H19N3S/c1-4-7-17(8-13-6-5-11(2)18-13)9-14-12(3)15-10-16-14/h4-6,10H,1,7-9H2,2-3H3,(H,15,16). The molecule has 0 aromatic carbocycles. The summed E-state index contributed by atoms with van der Waals surface area (Å²) in [4.78, 5) is 12.6. The zero-order valence-electron chi connectivity index (χ0n) is 10.9. The predicted molar refractivity (Wildman–Crippen MR) is 76.7 cm³/mol. The summed E-state index contributed by atoms with van der Waals surface area (Å²) >= 11 is 1.85. The second-order valence-corrected chi connectivity index (χ2v) is 5.82. The number of hydrogen-bond donors (Lipinski definition) is 1. The number of nitrogens with zero attached hydrogens (tertiary/aromatic N) is 2. The van der Waals surface area contributed by atoms with E-state index < -0.39 is 0 Å². The number of aromatic amines is 1. The number of aryl methyl sites for hydroxylation is 2. The maximum absolute atomic E-state index is 4.36. The Labute approximate surface area is 112 Å². The molecule has 96 valence electrons. The maximum Gasteiger partial charge on any atom is 0.0925 e. The van der Waals surface area contributed by atoms with Crippen LogP contribution in [0, 0.1) is 13.8 Å². The highest BCUT2D eigenvalue weighted by Gasteiger charge is 2.10. The molecule has 0 unspecified atom stereocenters. The summed E-state index contributed by atoms with van der Waals surface area (Å²) in [6.45, 7) is 10.7. The molecule has 0 bridgehead atoms. The zero-order valence-corrected chi connectivity index (χ0v) is 11.8. The molecular formula is C14H19N3S. The Morgan fingerprint density at radius 3 is 2.78 bits per heavy atom. The van der Waals surface area contributed by atoms with E-state index in [2.05, 4.69) is 47.4 Å². The van der Waals surface area contributed by atoms with Gasteiger partial charge in [0.05, 0.1) is 12.0 Å². The molecule has 1 N–H and O–H groups in total. The van der Waals surface area contributed by atoms with E-state index in [4.69, 9.17) is 0 Å². The van der Waals surface area contributed by atoms with E-state index in [1.807, 2.05) is 17.4 Å². The van der Waals surface area contributed by atoms with Crippen LogP contribution in [0.15, 0.2) is 31.1 Å². The lowest BCUT2D eigenvalue weighted by Gasteiger charge is -2.19. The number of hydrogen-bond acceptors (Lipinski definition) is 3. The van der Waals surface area contributed by atoms with Crippen LogP contribution >= 0.6 is 11.3 Å². The molecule has 0 radical (unpaired) electrons. The Balaban J connectivity index is 2.04. The fourth-order valence-corrected chi connectivity index (χ4v) is 2.85. The Kier molecular flexibility index (Phi) is 4.33. The van der Waals surface area contributed by atoms with Crippen molar-refractivity contribution >= 4 is 11.3 Å². The van der Waals surface area contributed by atoms with Crippen LogP contribution in [0.4, 0.5) is 0 Å². The monoisotopic (exact) mass is 261 g/mol. The first-order chi connectivity index (χ1) is 8.69. The molecule has 4 heteroatoms. The molecule has 0 saturated carbocycles. The number of nitrogens with one attached hydrogen (secondary N) is 1. The smallest absolute Gasteiger partial charge is 0.0925 e. The largest absolute Gasteiger partial charge is 0.348 e. The van der Waals surface area contributed by atoms with E-state index >= 15 is 0 Å². The topological polar surface area (TPSA) is 31.9 Å². The summed E-state index contributed by atoms with van der Waals surface area (Å²) in [5.41, 5.74) is 2.26. The lowest BCUT2D eigenvalue weighted by Crippen LogP contribution is -2.23. The number of imidazole rings is 1. The van der Waals surface area contributed by atoms with Crippen molar-refractivity contribution in [3.8, 4) is 0 Å². The van der Waals surface area contributed by atoms with Crippen LogP contribution in [0.2, 0.25) is 0 Å². The van der Waals surface area contributed by atoms with Gasteiger partial charge >= 0.3 is 0 Å². The first-order valence-electron chi connectivity index (χ1n) is 6.06. The van der Waals surface area contributed by atoms with Gasteiger partial charge in [0.15, 0.2) is 0 Å². The highest BCUT2D eigenvalue weighted by atomic mass is 32.1. The molecule has 2 aromatic rings. The van der Waals surface area contributed by atoms with Crippen molar-refractivity contribution in [3.05, 3.63) is 52.3 Å². The van der Waals surface area contributed by atoms with Gasteiger partial charge in [-0.1, -0.05) is 6.08 Å². The van der Waals surface area contributed by atoms with Gasteiger partial charge in [-0.2, -0.15) is 0 Å². The third-order valence-corrected chi connectivity index (χ3v) is 3.86. The van der Waals surface area contributed by atoms with E-state index in [0.29, 0.717) is 0 Å². The third kappa shape index (κ3) is 3.31. The second-order valence-electron chi connectivity index (χ2n) is 4.44. The average molecular weight is 261 g/mol. The van der Waals surface area contributed by atoms with E-state index in [1.54, 1.807) is 6.33 Å². The summed E-state index contributed by atoms with van der Waals surface area (Å²) in [6.07, 6.45) is 3.70. The van der Waals surface area contributed by atoms with Gasteiger partial charge in [-0.3, -0.25) is 4.90 Å². The lowest BCUT2D eigenvalue weighted by atomic mass is 10.3. The van der Waals surface area contributed by atoms with Crippen LogP contribution in [0.1, 0.15) is 21.1 Å². The van der Waals surface area contributed by atoms with Crippen molar-refractivity contribution < 1.29 is 0 Å². The fourth-order valence-electron chi connectivity index (χ4n) is 1.92. The molecule has 2 rings (SSSR count). The molecule has 0 aliphatic heterocycles. The molecule has 2 aromatic heterocycles. The molecule has 0 atom stereocenters. The van der Waals surface area contributed by atoms with E-state index in [9.17, 15) is 0 Å². The van der Waals surface area contributed by atoms with E-state index in [1.165, 1.54) is 9.75 Å². The van der Waals surface area contributed by atoms with Gasteiger partial charge in [-0.25, -0.2) is 4.98 Å². The van der Waals surface area contributed by atoms with Gasteiger partial charge in [0.2, 0.25) is 0 Å². The summed E-state index contributed by atoms with van der Waals surface area (Å²) in [5.74, 6) is 0. The molecular weight excluding hydrogens is 242 g/mol. The first-order valence-corrected chi connectivity index (χ1v) is 6.88. The second kappa shape index (κ2) is 5.98. The normalized spacial score (nSPS) is 11.1. The molecule has 0 spiro atoms. The Bertz CT molecular complexity index is 513. The number of H-pyrrole nitrogens is 1. The first kappa shape index (κ1) is 13.1. The zero-order chi connectivity index (χ0) is 13.0. The Hall–Kier alpha value is -1.39. The van der Waals surface area contributed by atoms with Gasteiger partial charge in [0.1, 0.15) is 0 Å². The van der Waals surface area contributed by atoms with Crippen molar-refractivity contribution in [2.24, 2.45) is 0 Å². The maximum atomic E-state index is 4.36. The lowest BCUT2D eigenvalue weighted by molar-refractivity contribution is 0.285. The van der Waals surface area contributed by atoms with Gasteiger partial charge in [-0.05, 0) is 26.0 Å². The summed E-state index contributed by atoms with van der Waals surface area (Å²) in [6, 6.07) is 4.37. The van der Waals surface area contributed by atoms with Crippen LogP contribution in [0.25, 0.3) is 0 Å². The van der Waals surface area contributed by atoms with Gasteiger partial charge in [0.25, 0.3) is 0 Å². The van der Waals surface area contributed by atoms with Gasteiger partial charge in [0, 0.05) is 35.1 Å². The SMILES string of the molecule is C=CCN(Cc1ccc(C)s1)Cc1nc[nH]c1C. The number of aromatic nitrogens is 2. The van der Waals surface area contributed by atoms with Crippen molar-refractivity contribution in [2.75, 3.05) is 6.54 Å². The van der Waals surface area contributed by atoms with Gasteiger partial charge in [-0.15, -0.1) is 17.9 Å². The fraction of sp³-hybridized carbons (Fsp3) is 0.357. The Morgan fingerprint density at radius 2 is 2.22 bits per heavy atom. The van der Waals surface area contributed by atoms with Gasteiger partial charge < -0.3 is 4.98 Å². The average Bonchev–Trinajstić information content (AvgIpc) is 2.90. The number of thiophene rings is 1. The van der Waals surface area contributed by atoms with E-state index in [0.717, 1.165) is 31.0 Å². The molecule has 18 heavy (non-hydrogen) atoms. The third-order valence-electron chi connectivity index (χ3n) is 2.87. The number of rotatable bonds is 6. The molecule has 0 fully saturated rings. The van der Waals surface area contributed by atoms with E-state index in [-0.39, 0.29) is 0 Å². The van der Waals surface area contributed by atoms with Crippen LogP contribution in [0.3, 0.4) is 0 Å². The summed E-state index contributed by atoms with van der Waals surface area (Å²) in [5, 5.41) is 0. The Morgan fingerprint density at radius 1 is 1.39 bits per heavy atom. The highest BCUT2D eigenvalue weighted by Crippen LogP contribution is 2.18. The predicted octanol–water partition coefficient (Wildman–Crippen LogP) is 3.28. The molecule has 0 saturated heterocycles.